The van der Waals surface area contributed by atoms with Crippen molar-refractivity contribution < 1.29 is 42.5 Å². The van der Waals surface area contributed by atoms with E-state index in [1.807, 2.05) is 36.8 Å². The molecule has 1 aromatic carbocycles. The van der Waals surface area contributed by atoms with Gasteiger partial charge >= 0.3 is 29.6 Å². The molecule has 0 atom stereocenters. The van der Waals surface area contributed by atoms with Gasteiger partial charge in [0, 0.05) is 0 Å². The maximum absolute atomic E-state index is 10.7. The van der Waals surface area contributed by atoms with E-state index in [9.17, 15) is 13.0 Å². The molecule has 1 aromatic rings. The van der Waals surface area contributed by atoms with E-state index in [1.165, 1.54) is 0 Å². The predicted octanol–water partition coefficient (Wildman–Crippen LogP) is -1.31. The third kappa shape index (κ3) is 4.43. The van der Waals surface area contributed by atoms with Crippen molar-refractivity contribution in [2.24, 2.45) is 0 Å². The van der Waals surface area contributed by atoms with E-state index in [4.69, 9.17) is 0 Å². The molecule has 16 heavy (non-hydrogen) atoms. The Morgan fingerprint density at radius 3 is 1.94 bits per heavy atom. The van der Waals surface area contributed by atoms with E-state index in [1.54, 1.807) is 0 Å². The second-order valence-electron chi connectivity index (χ2n) is 3.21. The van der Waals surface area contributed by atoms with Gasteiger partial charge in [-0.25, -0.2) is 8.42 Å². The van der Waals surface area contributed by atoms with Crippen molar-refractivity contribution in [1.29, 1.82) is 0 Å². The molecule has 1 rings (SSSR count). The van der Waals surface area contributed by atoms with Gasteiger partial charge in [-0.3, -0.25) is 4.72 Å². The molecule has 0 fully saturated rings. The van der Waals surface area contributed by atoms with Crippen molar-refractivity contribution in [2.75, 3.05) is 4.72 Å². The molecule has 0 bridgehead atoms. The molecule has 0 amide bonds. The predicted molar refractivity (Wildman–Crippen MR) is 58.5 cm³/mol. The van der Waals surface area contributed by atoms with Crippen LogP contribution < -0.4 is 34.3 Å². The molecule has 0 unspecified atom stereocenters. The minimum atomic E-state index is -4.44. The van der Waals surface area contributed by atoms with Crippen LogP contribution in [0.2, 0.25) is 0 Å². The van der Waals surface area contributed by atoms with E-state index < -0.39 is 10.3 Å². The van der Waals surface area contributed by atoms with Crippen LogP contribution in [-0.2, 0) is 23.1 Å². The average Bonchev–Trinajstić information content (AvgIpc) is 2.16. The molecule has 84 valence electrons. The van der Waals surface area contributed by atoms with E-state index in [0.717, 1.165) is 11.1 Å². The summed E-state index contributed by atoms with van der Waals surface area (Å²) in [7, 11) is -4.44. The van der Waals surface area contributed by atoms with E-state index >= 15 is 0 Å². The Hall–Kier alpha value is -0.0700. The maximum Gasteiger partial charge on any atom is 1.00 e. The Balaban J connectivity index is 0.00000225. The van der Waals surface area contributed by atoms with Crippen LogP contribution in [0, 0.1) is 0 Å². The third-order valence-electron chi connectivity index (χ3n) is 2.23. The molecule has 0 spiro atoms. The van der Waals surface area contributed by atoms with Crippen molar-refractivity contribution in [3.8, 4) is 0 Å². The van der Waals surface area contributed by atoms with Crippen LogP contribution in [0.3, 0.4) is 0 Å². The first-order valence-corrected chi connectivity index (χ1v) is 6.23. The Bertz CT molecular complexity index is 423. The van der Waals surface area contributed by atoms with Crippen LogP contribution in [0.25, 0.3) is 0 Å². The van der Waals surface area contributed by atoms with Gasteiger partial charge in [-0.15, -0.1) is 0 Å². The van der Waals surface area contributed by atoms with Crippen molar-refractivity contribution in [3.63, 3.8) is 0 Å². The summed E-state index contributed by atoms with van der Waals surface area (Å²) in [5.41, 5.74) is 2.13. The second kappa shape index (κ2) is 6.61. The zero-order chi connectivity index (χ0) is 11.5. The first-order chi connectivity index (χ1) is 6.98. The van der Waals surface area contributed by atoms with E-state index in [-0.39, 0.29) is 29.6 Å². The Morgan fingerprint density at radius 1 is 1.19 bits per heavy atom. The molecule has 6 heteroatoms. The fourth-order valence-corrected chi connectivity index (χ4v) is 2.01. The molecule has 0 radical (unpaired) electrons. The number of anilines is 1. The maximum atomic E-state index is 10.7. The second-order valence-corrected chi connectivity index (χ2v) is 4.33. The summed E-state index contributed by atoms with van der Waals surface area (Å²) in [4.78, 5) is 0. The smallest absolute Gasteiger partial charge is 0.731 e. The number of hydrogen-bond acceptors (Lipinski definition) is 3. The summed E-state index contributed by atoms with van der Waals surface area (Å²) in [6.07, 6.45) is 1.37. The summed E-state index contributed by atoms with van der Waals surface area (Å²) in [5.74, 6) is 0. The van der Waals surface area contributed by atoms with Gasteiger partial charge in [0.2, 0.25) is 0 Å². The van der Waals surface area contributed by atoms with Gasteiger partial charge in [-0.05, 0) is 24.0 Å². The van der Waals surface area contributed by atoms with Crippen LogP contribution in [-0.4, -0.2) is 13.0 Å². The van der Waals surface area contributed by atoms with Crippen molar-refractivity contribution in [1.82, 2.24) is 0 Å². The van der Waals surface area contributed by atoms with Crippen molar-refractivity contribution in [3.05, 3.63) is 29.3 Å². The molecule has 0 heterocycles. The Kier molecular flexibility index (Phi) is 6.58. The molecule has 0 aliphatic heterocycles. The molecule has 0 aliphatic rings. The van der Waals surface area contributed by atoms with Crippen molar-refractivity contribution in [2.45, 2.75) is 26.7 Å². The summed E-state index contributed by atoms with van der Waals surface area (Å²) in [6, 6.07) is 5.49. The van der Waals surface area contributed by atoms with Gasteiger partial charge in [-0.2, -0.15) is 0 Å². The molecule has 0 aliphatic carbocycles. The van der Waals surface area contributed by atoms with E-state index in [0.29, 0.717) is 18.5 Å². The molecule has 0 aromatic heterocycles. The molecule has 4 nitrogen and oxygen atoms in total. The monoisotopic (exact) mass is 251 g/mol. The number of rotatable bonds is 4. The quantitative estimate of drug-likeness (QED) is 0.533. The molecular weight excluding hydrogens is 237 g/mol. The Labute approximate surface area is 119 Å². The van der Waals surface area contributed by atoms with Crippen LogP contribution in [0.1, 0.15) is 25.0 Å². The molecule has 0 saturated carbocycles. The van der Waals surface area contributed by atoms with Crippen LogP contribution in [0.4, 0.5) is 5.69 Å². The number of nitrogens with one attached hydrogen (secondary N) is 1. The number of para-hydroxylation sites is 1. The summed E-state index contributed by atoms with van der Waals surface area (Å²) in [6.45, 7) is 3.83. The van der Waals surface area contributed by atoms with Gasteiger partial charge in [0.1, 0.15) is 0 Å². The minimum absolute atomic E-state index is 0. The van der Waals surface area contributed by atoms with Gasteiger partial charge in [0.15, 0.2) is 10.3 Å². The van der Waals surface area contributed by atoms with E-state index in [2.05, 4.69) is 0 Å². The Morgan fingerprint density at radius 2 is 1.62 bits per heavy atom. The first kappa shape index (κ1) is 15.9. The summed E-state index contributed by atoms with van der Waals surface area (Å²) in [5, 5.41) is 0. The first-order valence-electron chi connectivity index (χ1n) is 4.82. The topological polar surface area (TPSA) is 69.2 Å². The SMILES string of the molecule is CCc1cccc(CC)c1NS(=O)(=O)[O-].[Na+]. The molecular formula is C10H14NNaO3S. The number of benzene rings is 1. The number of hydrogen-bond donors (Lipinski definition) is 1. The van der Waals surface area contributed by atoms with Gasteiger partial charge < -0.3 is 4.55 Å². The van der Waals surface area contributed by atoms with Crippen LogP contribution >= 0.6 is 0 Å². The average molecular weight is 251 g/mol. The van der Waals surface area contributed by atoms with Gasteiger partial charge in [0.05, 0.1) is 5.69 Å². The zero-order valence-corrected chi connectivity index (χ0v) is 12.6. The third-order valence-corrected chi connectivity index (χ3v) is 2.68. The molecule has 1 N–H and O–H groups in total. The fourth-order valence-electron chi connectivity index (χ4n) is 1.50. The van der Waals surface area contributed by atoms with Crippen LogP contribution in [0.15, 0.2) is 18.2 Å². The zero-order valence-electron chi connectivity index (χ0n) is 9.78. The summed E-state index contributed by atoms with van der Waals surface area (Å²) < 4.78 is 34.0. The van der Waals surface area contributed by atoms with Gasteiger partial charge in [-0.1, -0.05) is 32.0 Å². The normalized spacial score (nSPS) is 10.7. The minimum Gasteiger partial charge on any atom is -0.731 e. The fraction of sp³-hybridized carbons (Fsp3) is 0.400. The number of aryl methyl sites for hydroxylation is 2. The summed E-state index contributed by atoms with van der Waals surface area (Å²) >= 11 is 0. The molecule has 0 saturated heterocycles. The van der Waals surface area contributed by atoms with Gasteiger partial charge in [0.25, 0.3) is 0 Å². The van der Waals surface area contributed by atoms with Crippen molar-refractivity contribution >= 4 is 16.0 Å². The standard InChI is InChI=1S/C10H15NO3S.Na/c1-3-8-6-5-7-9(4-2)10(8)11-15(12,13)14;/h5-7,11H,3-4H2,1-2H3,(H,12,13,14);/q;+1/p-1. The van der Waals surface area contributed by atoms with Crippen LogP contribution in [0.5, 0.6) is 0 Å². The largest absolute Gasteiger partial charge is 1.00 e.